The maximum absolute atomic E-state index is 5.45. The van der Waals surface area contributed by atoms with E-state index in [1.165, 1.54) is 47.3 Å². The Bertz CT molecular complexity index is 1880. The Morgan fingerprint density at radius 3 is 2.51 bits per heavy atom. The zero-order chi connectivity index (χ0) is 31.2. The molecule has 0 saturated heterocycles. The van der Waals surface area contributed by atoms with Gasteiger partial charge >= 0.3 is 0 Å². The van der Waals surface area contributed by atoms with Gasteiger partial charge in [0.05, 0.1) is 11.4 Å². The van der Waals surface area contributed by atoms with Crippen LogP contribution in [0.3, 0.4) is 0 Å². The van der Waals surface area contributed by atoms with Gasteiger partial charge in [0.25, 0.3) is 0 Å². The molecule has 8 aliphatic rings. The molecule has 0 fully saturated rings. The van der Waals surface area contributed by atoms with Crippen LogP contribution in [0.2, 0.25) is 0 Å². The average Bonchev–Trinajstić information content (AvgIpc) is 3.34. The fraction of sp³-hybridized carbons (Fsp3) is 0.326. The van der Waals surface area contributed by atoms with Gasteiger partial charge in [0.1, 0.15) is 0 Å². The second-order valence-electron chi connectivity index (χ2n) is 14.6. The highest BCUT2D eigenvalue weighted by atomic mass is 14.8. The third kappa shape index (κ3) is 5.29. The van der Waals surface area contributed by atoms with Crippen molar-refractivity contribution in [3.8, 4) is 0 Å². The molecule has 9 rings (SSSR count). The van der Waals surface area contributed by atoms with Crippen molar-refractivity contribution >= 4 is 11.4 Å². The summed E-state index contributed by atoms with van der Waals surface area (Å²) in [6.45, 7) is 0. The standard InChI is InChI=1S/C46H45N/c1-2-13-32(14-3-1)38-29-28-33-15-6-11-21-43(33)47-46(38)35-25-23-34(24-26-35)44-39-17-7-9-19-41(39)45(42-20-10-8-18-40(42)44)37-27-22-31-12-4-5-16-36(31)30-37/h1-4,6-7,9-13,15,17,19-23,25-27,32,34,36,38-39,41H,5,8,14,16,18,24,28-30H2. The molecule has 6 atom stereocenters. The Morgan fingerprint density at radius 2 is 1.62 bits per heavy atom. The Kier molecular flexibility index (Phi) is 7.65. The molecule has 0 bridgehead atoms. The van der Waals surface area contributed by atoms with Crippen molar-refractivity contribution in [2.45, 2.75) is 57.8 Å². The number of rotatable bonds is 4. The van der Waals surface area contributed by atoms with Crippen molar-refractivity contribution in [1.82, 2.24) is 0 Å². The number of benzene rings is 1. The van der Waals surface area contributed by atoms with Gasteiger partial charge in [-0.3, -0.25) is 4.99 Å². The summed E-state index contributed by atoms with van der Waals surface area (Å²) in [5, 5.41) is 0. The minimum atomic E-state index is 0.411. The maximum Gasteiger partial charge on any atom is 0.0665 e. The lowest BCUT2D eigenvalue weighted by Gasteiger charge is -2.42. The van der Waals surface area contributed by atoms with Crippen molar-refractivity contribution in [1.29, 1.82) is 0 Å². The van der Waals surface area contributed by atoms with Gasteiger partial charge in [-0.15, -0.1) is 0 Å². The summed E-state index contributed by atoms with van der Waals surface area (Å²) < 4.78 is 0. The summed E-state index contributed by atoms with van der Waals surface area (Å²) in [5.41, 5.74) is 14.7. The number of para-hydroxylation sites is 1. The first-order valence-electron chi connectivity index (χ1n) is 18.3. The van der Waals surface area contributed by atoms with Crippen LogP contribution in [0.5, 0.6) is 0 Å². The van der Waals surface area contributed by atoms with Crippen LogP contribution in [0.1, 0.15) is 56.9 Å². The van der Waals surface area contributed by atoms with Gasteiger partial charge in [-0.25, -0.2) is 0 Å². The lowest BCUT2D eigenvalue weighted by Crippen LogP contribution is -2.30. The van der Waals surface area contributed by atoms with Gasteiger partial charge in [0, 0.05) is 23.7 Å². The van der Waals surface area contributed by atoms with Crippen molar-refractivity contribution in [2.75, 3.05) is 0 Å². The zero-order valence-electron chi connectivity index (χ0n) is 27.4. The first-order chi connectivity index (χ1) is 23.3. The number of hydrogen-bond acceptors (Lipinski definition) is 1. The number of fused-ring (bicyclic) bond motifs is 4. The molecule has 7 aliphatic carbocycles. The lowest BCUT2D eigenvalue weighted by atomic mass is 9.61. The summed E-state index contributed by atoms with van der Waals surface area (Å²) in [6, 6.07) is 8.81. The highest BCUT2D eigenvalue weighted by Crippen LogP contribution is 2.53. The second-order valence-corrected chi connectivity index (χ2v) is 14.6. The third-order valence-corrected chi connectivity index (χ3v) is 12.0. The van der Waals surface area contributed by atoms with Crippen LogP contribution in [0, 0.1) is 35.5 Å². The van der Waals surface area contributed by atoms with E-state index in [0.717, 1.165) is 44.2 Å². The third-order valence-electron chi connectivity index (χ3n) is 12.0. The van der Waals surface area contributed by atoms with E-state index in [9.17, 15) is 0 Å². The molecular formula is C46H45N. The summed E-state index contributed by atoms with van der Waals surface area (Å²) >= 11 is 0. The summed E-state index contributed by atoms with van der Waals surface area (Å²) in [4.78, 5) is 5.45. The highest BCUT2D eigenvalue weighted by Gasteiger charge is 2.40. The Hall–Kier alpha value is -4.23. The molecule has 6 unspecified atom stereocenters. The van der Waals surface area contributed by atoms with Gasteiger partial charge in [-0.05, 0) is 115 Å². The molecule has 0 radical (unpaired) electrons. The molecule has 1 aromatic carbocycles. The number of nitrogens with zero attached hydrogens (tertiary/aromatic N) is 1. The quantitative estimate of drug-likeness (QED) is 0.321. The van der Waals surface area contributed by atoms with Crippen molar-refractivity contribution in [3.63, 3.8) is 0 Å². The predicted molar refractivity (Wildman–Crippen MR) is 197 cm³/mol. The number of aliphatic imine (C=N–C) groups is 1. The van der Waals surface area contributed by atoms with Gasteiger partial charge in [-0.2, -0.15) is 0 Å². The van der Waals surface area contributed by atoms with E-state index in [1.54, 1.807) is 22.3 Å². The SMILES string of the molecule is C1=CCC(C2CCc3ccccc3N=C2C2=CCC(C3=C4CCC=CC4=C(C4=CC=C5C=CCCC5C4)C4C=CC=CC34)C=C2)C=C1. The topological polar surface area (TPSA) is 12.4 Å². The van der Waals surface area contributed by atoms with Crippen molar-refractivity contribution in [3.05, 3.63) is 172 Å². The molecule has 1 aromatic rings. The molecule has 1 heterocycles. The fourth-order valence-electron chi connectivity index (χ4n) is 9.72. The van der Waals surface area contributed by atoms with Crippen LogP contribution < -0.4 is 0 Å². The lowest BCUT2D eigenvalue weighted by molar-refractivity contribution is 0.475. The number of allylic oxidation sites excluding steroid dienone is 24. The normalized spacial score (nSPS) is 32.1. The Labute approximate surface area is 281 Å². The molecule has 234 valence electrons. The van der Waals surface area contributed by atoms with E-state index in [-0.39, 0.29) is 0 Å². The fourth-order valence-corrected chi connectivity index (χ4v) is 9.72. The number of hydrogen-bond donors (Lipinski definition) is 0. The summed E-state index contributed by atoms with van der Waals surface area (Å²) in [7, 11) is 0. The Morgan fingerprint density at radius 1 is 0.723 bits per heavy atom. The van der Waals surface area contributed by atoms with Crippen LogP contribution in [0.4, 0.5) is 5.69 Å². The van der Waals surface area contributed by atoms with Crippen LogP contribution in [0.15, 0.2) is 172 Å². The first kappa shape index (κ1) is 29.0. The van der Waals surface area contributed by atoms with E-state index >= 15 is 0 Å². The summed E-state index contributed by atoms with van der Waals surface area (Å²) in [5.74, 6) is 2.87. The molecule has 1 aliphatic heterocycles. The van der Waals surface area contributed by atoms with Gasteiger partial charge < -0.3 is 0 Å². The monoisotopic (exact) mass is 611 g/mol. The van der Waals surface area contributed by atoms with Crippen LogP contribution in [0.25, 0.3) is 0 Å². The van der Waals surface area contributed by atoms with E-state index in [4.69, 9.17) is 4.99 Å². The minimum Gasteiger partial charge on any atom is -0.252 e. The van der Waals surface area contributed by atoms with E-state index in [0.29, 0.717) is 35.5 Å². The molecule has 1 heteroatoms. The molecule has 0 saturated carbocycles. The highest BCUT2D eigenvalue weighted by molar-refractivity contribution is 6.06. The Balaban J connectivity index is 1.08. The van der Waals surface area contributed by atoms with E-state index in [1.807, 2.05) is 0 Å². The smallest absolute Gasteiger partial charge is 0.0665 e. The number of aryl methyl sites for hydroxylation is 1. The van der Waals surface area contributed by atoms with Crippen LogP contribution in [-0.4, -0.2) is 5.71 Å². The largest absolute Gasteiger partial charge is 0.252 e. The molecule has 1 nitrogen and oxygen atoms in total. The van der Waals surface area contributed by atoms with Gasteiger partial charge in [0.2, 0.25) is 0 Å². The van der Waals surface area contributed by atoms with E-state index < -0.39 is 0 Å². The zero-order valence-corrected chi connectivity index (χ0v) is 27.4. The molecular weight excluding hydrogens is 567 g/mol. The van der Waals surface area contributed by atoms with Crippen molar-refractivity contribution < 1.29 is 0 Å². The maximum atomic E-state index is 5.45. The van der Waals surface area contributed by atoms with E-state index in [2.05, 4.69) is 128 Å². The average molecular weight is 612 g/mol. The first-order valence-corrected chi connectivity index (χ1v) is 18.3. The summed E-state index contributed by atoms with van der Waals surface area (Å²) in [6.07, 6.45) is 51.3. The van der Waals surface area contributed by atoms with Crippen LogP contribution >= 0.6 is 0 Å². The van der Waals surface area contributed by atoms with Crippen molar-refractivity contribution in [2.24, 2.45) is 40.5 Å². The molecule has 47 heavy (non-hydrogen) atoms. The molecule has 0 spiro atoms. The molecule has 0 aromatic heterocycles. The second kappa shape index (κ2) is 12.4. The predicted octanol–water partition coefficient (Wildman–Crippen LogP) is 11.5. The van der Waals surface area contributed by atoms with Gasteiger partial charge in [-0.1, -0.05) is 127 Å². The molecule has 0 N–H and O–H groups in total. The minimum absolute atomic E-state index is 0.411. The van der Waals surface area contributed by atoms with Gasteiger partial charge in [0.15, 0.2) is 0 Å². The molecule has 0 amide bonds. The van der Waals surface area contributed by atoms with Crippen LogP contribution in [-0.2, 0) is 6.42 Å².